The van der Waals surface area contributed by atoms with E-state index in [1.54, 1.807) is 11.3 Å². The molecule has 0 unspecified atom stereocenters. The van der Waals surface area contributed by atoms with Crippen LogP contribution in [-0.2, 0) is 5.41 Å². The molecule has 2 nitrogen and oxygen atoms in total. The van der Waals surface area contributed by atoms with Crippen molar-refractivity contribution in [3.8, 4) is 0 Å². The molecule has 2 aliphatic rings. The summed E-state index contributed by atoms with van der Waals surface area (Å²) in [6.45, 7) is 2.85. The molecule has 4 heteroatoms. The lowest BCUT2D eigenvalue weighted by molar-refractivity contribution is 0.0938. The predicted molar refractivity (Wildman–Crippen MR) is 60.0 cm³/mol. The summed E-state index contributed by atoms with van der Waals surface area (Å²) in [4.78, 5) is 13.0. The van der Waals surface area contributed by atoms with E-state index in [2.05, 4.69) is 21.2 Å². The zero-order chi connectivity index (χ0) is 9.92. The molecule has 0 radical (unpaired) electrons. The number of halogens is 1. The van der Waals surface area contributed by atoms with Gasteiger partial charge in [-0.25, -0.2) is 0 Å². The number of hydrogen-bond acceptors (Lipinski definition) is 2. The molecule has 1 aromatic heterocycles. The van der Waals surface area contributed by atoms with Crippen LogP contribution in [-0.4, -0.2) is 12.5 Å². The second-order valence-electron chi connectivity index (χ2n) is 4.17. The van der Waals surface area contributed by atoms with Gasteiger partial charge < -0.3 is 5.32 Å². The molecule has 0 saturated heterocycles. The predicted octanol–water partition coefficient (Wildman–Crippen LogP) is 2.59. The van der Waals surface area contributed by atoms with E-state index in [4.69, 9.17) is 0 Å². The maximum Gasteiger partial charge on any atom is 0.252 e. The number of hydrogen-bond donors (Lipinski definition) is 1. The molecule has 1 aromatic rings. The molecule has 1 N–H and O–H groups in total. The van der Waals surface area contributed by atoms with E-state index in [0.29, 0.717) is 5.41 Å². The summed E-state index contributed by atoms with van der Waals surface area (Å²) in [7, 11) is 0. The van der Waals surface area contributed by atoms with Crippen LogP contribution in [0.25, 0.3) is 0 Å². The van der Waals surface area contributed by atoms with E-state index in [9.17, 15) is 4.79 Å². The maximum atomic E-state index is 11.7. The van der Waals surface area contributed by atoms with Crippen LogP contribution in [0.4, 0.5) is 0 Å². The highest BCUT2D eigenvalue weighted by molar-refractivity contribution is 9.11. The maximum absolute atomic E-state index is 11.7. The second kappa shape index (κ2) is 2.61. The van der Waals surface area contributed by atoms with Gasteiger partial charge in [-0.15, -0.1) is 11.3 Å². The minimum atomic E-state index is 0.108. The number of fused-ring (bicyclic) bond motifs is 2. The van der Waals surface area contributed by atoms with Crippen LogP contribution < -0.4 is 5.32 Å². The SMILES string of the molecule is Cc1c(Br)sc2c1C(=O)NCC21CC1. The van der Waals surface area contributed by atoms with E-state index >= 15 is 0 Å². The molecule has 0 aromatic carbocycles. The summed E-state index contributed by atoms with van der Waals surface area (Å²) in [6, 6.07) is 0. The van der Waals surface area contributed by atoms with Gasteiger partial charge in [-0.1, -0.05) is 0 Å². The molecule has 1 aliphatic carbocycles. The zero-order valence-corrected chi connectivity index (χ0v) is 10.2. The van der Waals surface area contributed by atoms with Crippen molar-refractivity contribution in [2.24, 2.45) is 0 Å². The lowest BCUT2D eigenvalue weighted by Gasteiger charge is -2.22. The second-order valence-corrected chi connectivity index (χ2v) is 6.51. The zero-order valence-electron chi connectivity index (χ0n) is 7.82. The molecule has 1 fully saturated rings. The van der Waals surface area contributed by atoms with Crippen molar-refractivity contribution in [2.75, 3.05) is 6.54 Å². The molecular weight excluding hydrogens is 262 g/mol. The smallest absolute Gasteiger partial charge is 0.252 e. The van der Waals surface area contributed by atoms with E-state index < -0.39 is 0 Å². The number of nitrogens with one attached hydrogen (secondary N) is 1. The Morgan fingerprint density at radius 1 is 1.50 bits per heavy atom. The van der Waals surface area contributed by atoms with Gasteiger partial charge in [0.1, 0.15) is 0 Å². The summed E-state index contributed by atoms with van der Waals surface area (Å²) < 4.78 is 1.12. The van der Waals surface area contributed by atoms with Crippen LogP contribution in [0.2, 0.25) is 0 Å². The molecule has 0 bridgehead atoms. The van der Waals surface area contributed by atoms with Gasteiger partial charge in [0.2, 0.25) is 0 Å². The minimum absolute atomic E-state index is 0.108. The number of carbonyl (C=O) groups is 1. The third-order valence-electron chi connectivity index (χ3n) is 3.24. The number of thiophene rings is 1. The Balaban J connectivity index is 2.26. The Morgan fingerprint density at radius 3 is 2.86 bits per heavy atom. The van der Waals surface area contributed by atoms with Gasteiger partial charge in [0, 0.05) is 16.8 Å². The summed E-state index contributed by atoms with van der Waals surface area (Å²) >= 11 is 5.27. The molecule has 1 amide bonds. The van der Waals surface area contributed by atoms with Crippen molar-refractivity contribution in [1.82, 2.24) is 5.32 Å². The van der Waals surface area contributed by atoms with Gasteiger partial charge in [0.05, 0.1) is 9.35 Å². The standard InChI is InChI=1S/C10H10BrNOS/c1-5-6-7(14-8(5)11)10(2-3-10)4-12-9(6)13/h2-4H2,1H3,(H,12,13). The summed E-state index contributed by atoms with van der Waals surface area (Å²) in [5.41, 5.74) is 2.35. The minimum Gasteiger partial charge on any atom is -0.351 e. The summed E-state index contributed by atoms with van der Waals surface area (Å²) in [5, 5.41) is 2.99. The fourth-order valence-electron chi connectivity index (χ4n) is 2.11. The summed E-state index contributed by atoms with van der Waals surface area (Å²) in [6.07, 6.45) is 2.46. The van der Waals surface area contributed by atoms with Gasteiger partial charge in [-0.2, -0.15) is 0 Å². The molecule has 1 saturated carbocycles. The van der Waals surface area contributed by atoms with Crippen molar-refractivity contribution in [3.63, 3.8) is 0 Å². The first kappa shape index (κ1) is 8.92. The lowest BCUT2D eigenvalue weighted by atomic mass is 9.95. The third kappa shape index (κ3) is 0.984. The highest BCUT2D eigenvalue weighted by Crippen LogP contribution is 2.54. The van der Waals surface area contributed by atoms with Gasteiger partial charge >= 0.3 is 0 Å². The molecule has 3 rings (SSSR count). The van der Waals surface area contributed by atoms with E-state index in [1.807, 2.05) is 6.92 Å². The molecule has 2 heterocycles. The van der Waals surface area contributed by atoms with Crippen molar-refractivity contribution in [3.05, 3.63) is 19.8 Å². The van der Waals surface area contributed by atoms with Crippen LogP contribution in [0.15, 0.2) is 3.79 Å². The Hall–Kier alpha value is -0.350. The average Bonchev–Trinajstić information content (AvgIpc) is 2.86. The van der Waals surface area contributed by atoms with Crippen LogP contribution in [0, 0.1) is 6.92 Å². The Bertz CT molecular complexity index is 434. The van der Waals surface area contributed by atoms with E-state index in [0.717, 1.165) is 21.5 Å². The highest BCUT2D eigenvalue weighted by atomic mass is 79.9. The van der Waals surface area contributed by atoms with Gasteiger partial charge in [-0.3, -0.25) is 4.79 Å². The average molecular weight is 272 g/mol. The molecule has 1 aliphatic heterocycles. The van der Waals surface area contributed by atoms with Crippen molar-refractivity contribution in [2.45, 2.75) is 25.2 Å². The van der Waals surface area contributed by atoms with E-state index in [-0.39, 0.29) is 5.91 Å². The lowest BCUT2D eigenvalue weighted by Crippen LogP contribution is -2.38. The number of amides is 1. The molecule has 0 atom stereocenters. The van der Waals surface area contributed by atoms with Gasteiger partial charge in [0.15, 0.2) is 0 Å². The van der Waals surface area contributed by atoms with Crippen LogP contribution in [0.3, 0.4) is 0 Å². The fraction of sp³-hybridized carbons (Fsp3) is 0.500. The van der Waals surface area contributed by atoms with Crippen LogP contribution in [0.5, 0.6) is 0 Å². The first-order chi connectivity index (χ1) is 6.64. The Morgan fingerprint density at radius 2 is 2.21 bits per heavy atom. The van der Waals surface area contributed by atoms with Crippen molar-refractivity contribution in [1.29, 1.82) is 0 Å². The molecule has 1 spiro atoms. The van der Waals surface area contributed by atoms with Gasteiger partial charge in [0.25, 0.3) is 5.91 Å². The van der Waals surface area contributed by atoms with Crippen LogP contribution >= 0.6 is 27.3 Å². The van der Waals surface area contributed by atoms with Crippen molar-refractivity contribution >= 4 is 33.2 Å². The Kier molecular flexibility index (Phi) is 1.66. The van der Waals surface area contributed by atoms with Crippen LogP contribution in [0.1, 0.15) is 33.6 Å². The third-order valence-corrected chi connectivity index (χ3v) is 5.65. The normalized spacial score (nSPS) is 22.0. The number of rotatable bonds is 0. The van der Waals surface area contributed by atoms with E-state index in [1.165, 1.54) is 17.7 Å². The molecule has 14 heavy (non-hydrogen) atoms. The fourth-order valence-corrected chi connectivity index (χ4v) is 4.06. The topological polar surface area (TPSA) is 29.1 Å². The summed E-state index contributed by atoms with van der Waals surface area (Å²) in [5.74, 6) is 0.108. The molecular formula is C10H10BrNOS. The number of carbonyl (C=O) groups excluding carboxylic acids is 1. The monoisotopic (exact) mass is 271 g/mol. The first-order valence-corrected chi connectivity index (χ1v) is 6.33. The van der Waals surface area contributed by atoms with Gasteiger partial charge in [-0.05, 0) is 41.3 Å². The largest absolute Gasteiger partial charge is 0.351 e. The Labute approximate surface area is 94.8 Å². The quantitative estimate of drug-likeness (QED) is 0.772. The first-order valence-electron chi connectivity index (χ1n) is 4.72. The van der Waals surface area contributed by atoms with Crippen molar-refractivity contribution < 1.29 is 4.79 Å². The highest BCUT2D eigenvalue weighted by Gasteiger charge is 2.50. The molecule has 74 valence electrons.